The Morgan fingerprint density at radius 3 is 2.71 bits per heavy atom. The Bertz CT molecular complexity index is 481. The highest BCUT2D eigenvalue weighted by Crippen LogP contribution is 2.24. The summed E-state index contributed by atoms with van der Waals surface area (Å²) in [5, 5.41) is 3.92. The summed E-state index contributed by atoms with van der Waals surface area (Å²) in [6.45, 7) is 3.07. The van der Waals surface area contributed by atoms with Gasteiger partial charge in [-0.1, -0.05) is 0 Å². The van der Waals surface area contributed by atoms with Gasteiger partial charge in [-0.3, -0.25) is 19.8 Å². The van der Waals surface area contributed by atoms with Gasteiger partial charge in [0.1, 0.15) is 5.41 Å². The van der Waals surface area contributed by atoms with E-state index in [1.807, 2.05) is 0 Å². The Labute approximate surface area is 102 Å². The molecule has 0 spiro atoms. The molecule has 1 aromatic heterocycles. The van der Waals surface area contributed by atoms with Gasteiger partial charge in [-0.05, 0) is 13.8 Å². The number of carbonyl (C=O) groups is 3. The molecule has 0 atom stereocenters. The number of hydrogen-bond donors (Lipinski definition) is 1. The third-order valence-corrected chi connectivity index (χ3v) is 3.25. The van der Waals surface area contributed by atoms with E-state index in [4.69, 9.17) is 0 Å². The number of aromatic nitrogens is 1. The standard InChI is InChI=1S/C10H11N3O3S/c1-10(2)7(14)12-9(16)13(8(10)15)3-6-4-17-5-11-6/h4-5H,3H2,1-2H3,(H,12,14,16). The molecule has 0 bridgehead atoms. The van der Waals surface area contributed by atoms with E-state index in [-0.39, 0.29) is 6.54 Å². The minimum Gasteiger partial charge on any atom is -0.277 e. The number of rotatable bonds is 2. The monoisotopic (exact) mass is 253 g/mol. The van der Waals surface area contributed by atoms with E-state index in [0.717, 1.165) is 4.90 Å². The van der Waals surface area contributed by atoms with Gasteiger partial charge < -0.3 is 0 Å². The molecule has 4 amide bonds. The highest BCUT2D eigenvalue weighted by molar-refractivity contribution is 7.07. The van der Waals surface area contributed by atoms with Crippen LogP contribution in [0.4, 0.5) is 4.79 Å². The van der Waals surface area contributed by atoms with Gasteiger partial charge in [0.15, 0.2) is 0 Å². The van der Waals surface area contributed by atoms with E-state index >= 15 is 0 Å². The van der Waals surface area contributed by atoms with Crippen LogP contribution in [-0.2, 0) is 16.1 Å². The molecular weight excluding hydrogens is 242 g/mol. The van der Waals surface area contributed by atoms with Crippen LogP contribution in [0.3, 0.4) is 0 Å². The average Bonchev–Trinajstić information content (AvgIpc) is 2.75. The molecule has 6 nitrogen and oxygen atoms in total. The van der Waals surface area contributed by atoms with Crippen molar-refractivity contribution in [2.45, 2.75) is 20.4 Å². The molecular formula is C10H11N3O3S. The molecule has 90 valence electrons. The van der Waals surface area contributed by atoms with Crippen LogP contribution in [0.1, 0.15) is 19.5 Å². The molecule has 1 aromatic rings. The van der Waals surface area contributed by atoms with Gasteiger partial charge in [0.2, 0.25) is 11.8 Å². The third-order valence-electron chi connectivity index (χ3n) is 2.62. The lowest BCUT2D eigenvalue weighted by Crippen LogP contribution is -2.61. The van der Waals surface area contributed by atoms with Crippen LogP contribution in [0.5, 0.6) is 0 Å². The second kappa shape index (κ2) is 3.92. The average molecular weight is 253 g/mol. The molecule has 0 radical (unpaired) electrons. The number of thiazole rings is 1. The van der Waals surface area contributed by atoms with Gasteiger partial charge in [-0.15, -0.1) is 11.3 Å². The lowest BCUT2D eigenvalue weighted by molar-refractivity contribution is -0.149. The lowest BCUT2D eigenvalue weighted by Gasteiger charge is -2.34. The van der Waals surface area contributed by atoms with Gasteiger partial charge in [-0.25, -0.2) is 9.78 Å². The number of carbonyl (C=O) groups excluding carboxylic acids is 3. The molecule has 0 aromatic carbocycles. The van der Waals surface area contributed by atoms with Crippen molar-refractivity contribution in [3.8, 4) is 0 Å². The minimum atomic E-state index is -1.22. The first-order valence-electron chi connectivity index (χ1n) is 4.97. The minimum absolute atomic E-state index is 0.0882. The SMILES string of the molecule is CC1(C)C(=O)NC(=O)N(Cc2cscn2)C1=O. The summed E-state index contributed by atoms with van der Waals surface area (Å²) in [5.41, 5.74) is 1.03. The van der Waals surface area contributed by atoms with E-state index in [1.54, 1.807) is 10.9 Å². The predicted octanol–water partition coefficient (Wildman–Crippen LogP) is 0.748. The highest BCUT2D eigenvalue weighted by atomic mass is 32.1. The maximum Gasteiger partial charge on any atom is 0.331 e. The summed E-state index contributed by atoms with van der Waals surface area (Å²) in [4.78, 5) is 40.1. The number of nitrogens with one attached hydrogen (secondary N) is 1. The van der Waals surface area contributed by atoms with Crippen molar-refractivity contribution in [1.82, 2.24) is 15.2 Å². The van der Waals surface area contributed by atoms with Gasteiger partial charge in [0, 0.05) is 5.38 Å². The Hall–Kier alpha value is -1.76. The quantitative estimate of drug-likeness (QED) is 0.789. The molecule has 1 N–H and O–H groups in total. The van der Waals surface area contributed by atoms with Crippen LogP contribution in [0.15, 0.2) is 10.9 Å². The molecule has 0 saturated carbocycles. The van der Waals surface area contributed by atoms with Crippen molar-refractivity contribution < 1.29 is 14.4 Å². The predicted molar refractivity (Wildman–Crippen MR) is 60.0 cm³/mol. The summed E-state index contributed by atoms with van der Waals surface area (Å²) < 4.78 is 0. The second-order valence-corrected chi connectivity index (χ2v) is 4.97. The number of barbiturate groups is 1. The van der Waals surface area contributed by atoms with E-state index in [2.05, 4.69) is 10.3 Å². The van der Waals surface area contributed by atoms with Crippen LogP contribution in [0.25, 0.3) is 0 Å². The summed E-state index contributed by atoms with van der Waals surface area (Å²) in [7, 11) is 0. The smallest absolute Gasteiger partial charge is 0.277 e. The summed E-state index contributed by atoms with van der Waals surface area (Å²) in [6.07, 6.45) is 0. The Morgan fingerprint density at radius 2 is 2.12 bits per heavy atom. The molecule has 0 unspecified atom stereocenters. The van der Waals surface area contributed by atoms with Crippen molar-refractivity contribution in [1.29, 1.82) is 0 Å². The molecule has 1 fully saturated rings. The normalized spacial score (nSPS) is 19.4. The van der Waals surface area contributed by atoms with Crippen molar-refractivity contribution in [3.63, 3.8) is 0 Å². The maximum atomic E-state index is 12.0. The number of urea groups is 1. The zero-order valence-electron chi connectivity index (χ0n) is 9.39. The molecule has 1 aliphatic heterocycles. The van der Waals surface area contributed by atoms with Crippen LogP contribution < -0.4 is 5.32 Å². The molecule has 0 aliphatic carbocycles. The van der Waals surface area contributed by atoms with Crippen molar-refractivity contribution in [2.24, 2.45) is 5.41 Å². The zero-order chi connectivity index (χ0) is 12.6. The van der Waals surface area contributed by atoms with Crippen molar-refractivity contribution in [2.75, 3.05) is 0 Å². The van der Waals surface area contributed by atoms with E-state index in [0.29, 0.717) is 5.69 Å². The van der Waals surface area contributed by atoms with Gasteiger partial charge >= 0.3 is 6.03 Å². The maximum absolute atomic E-state index is 12.0. The van der Waals surface area contributed by atoms with Crippen LogP contribution in [0, 0.1) is 5.41 Å². The van der Waals surface area contributed by atoms with Crippen LogP contribution in [-0.4, -0.2) is 27.7 Å². The fraction of sp³-hybridized carbons (Fsp3) is 0.400. The fourth-order valence-corrected chi connectivity index (χ4v) is 2.02. The first-order chi connectivity index (χ1) is 7.93. The lowest BCUT2D eigenvalue weighted by atomic mass is 9.89. The Balaban J connectivity index is 2.25. The van der Waals surface area contributed by atoms with Gasteiger partial charge in [0.25, 0.3) is 0 Å². The zero-order valence-corrected chi connectivity index (χ0v) is 10.2. The summed E-state index contributed by atoms with van der Waals surface area (Å²) in [6, 6.07) is -0.688. The highest BCUT2D eigenvalue weighted by Gasteiger charge is 2.46. The largest absolute Gasteiger partial charge is 0.331 e. The Morgan fingerprint density at radius 1 is 1.41 bits per heavy atom. The number of nitrogens with zero attached hydrogens (tertiary/aromatic N) is 2. The van der Waals surface area contributed by atoms with E-state index in [9.17, 15) is 14.4 Å². The van der Waals surface area contributed by atoms with Crippen LogP contribution >= 0.6 is 11.3 Å². The van der Waals surface area contributed by atoms with Crippen LogP contribution in [0.2, 0.25) is 0 Å². The molecule has 17 heavy (non-hydrogen) atoms. The molecule has 1 aliphatic rings. The number of hydrogen-bond acceptors (Lipinski definition) is 5. The number of imide groups is 2. The molecule has 2 rings (SSSR count). The number of amides is 4. The van der Waals surface area contributed by atoms with Gasteiger partial charge in [-0.2, -0.15) is 0 Å². The van der Waals surface area contributed by atoms with Gasteiger partial charge in [0.05, 0.1) is 17.7 Å². The second-order valence-electron chi connectivity index (χ2n) is 4.26. The van der Waals surface area contributed by atoms with Crippen molar-refractivity contribution in [3.05, 3.63) is 16.6 Å². The molecule has 2 heterocycles. The topological polar surface area (TPSA) is 79.4 Å². The molecule has 1 saturated heterocycles. The van der Waals surface area contributed by atoms with E-state index < -0.39 is 23.3 Å². The Kier molecular flexibility index (Phi) is 2.70. The summed E-state index contributed by atoms with van der Waals surface area (Å²) in [5.74, 6) is -1.07. The first kappa shape index (κ1) is 11.7. The fourth-order valence-electron chi connectivity index (χ4n) is 1.47. The summed E-state index contributed by atoms with van der Waals surface area (Å²) >= 11 is 1.38. The molecule has 7 heteroatoms. The van der Waals surface area contributed by atoms with E-state index in [1.165, 1.54) is 25.2 Å². The first-order valence-corrected chi connectivity index (χ1v) is 5.91. The third kappa shape index (κ3) is 1.93. The van der Waals surface area contributed by atoms with Crippen molar-refractivity contribution >= 4 is 29.2 Å².